The highest BCUT2D eigenvalue weighted by molar-refractivity contribution is 5.48. The van der Waals surface area contributed by atoms with Crippen LogP contribution < -0.4 is 5.32 Å². The molecule has 0 radical (unpaired) electrons. The molecule has 3 heteroatoms. The van der Waals surface area contributed by atoms with Crippen LogP contribution in [0.3, 0.4) is 0 Å². The van der Waals surface area contributed by atoms with Gasteiger partial charge in [0.2, 0.25) is 0 Å². The SMILES string of the molecule is CC1CCCCC1Nc1ncnc2c1CCC2. The standard InChI is InChI=1S/C14H21N3/c1-10-5-2-3-7-12(10)17-14-11-6-4-8-13(11)15-9-16-14/h9-10,12H,2-8H2,1H3,(H,15,16,17). The van der Waals surface area contributed by atoms with Crippen LogP contribution in [0.2, 0.25) is 0 Å². The Morgan fingerprint density at radius 1 is 1.12 bits per heavy atom. The van der Waals surface area contributed by atoms with E-state index in [1.807, 2.05) is 0 Å². The summed E-state index contributed by atoms with van der Waals surface area (Å²) < 4.78 is 0. The third-order valence-electron chi connectivity index (χ3n) is 4.31. The van der Waals surface area contributed by atoms with Crippen molar-refractivity contribution in [1.82, 2.24) is 9.97 Å². The molecule has 1 N–H and O–H groups in total. The lowest BCUT2D eigenvalue weighted by Crippen LogP contribution is -2.31. The highest BCUT2D eigenvalue weighted by Crippen LogP contribution is 2.30. The van der Waals surface area contributed by atoms with Crippen molar-refractivity contribution in [2.45, 2.75) is 57.9 Å². The van der Waals surface area contributed by atoms with Crippen LogP contribution in [0.25, 0.3) is 0 Å². The van der Waals surface area contributed by atoms with E-state index in [-0.39, 0.29) is 0 Å². The molecule has 1 saturated carbocycles. The topological polar surface area (TPSA) is 37.8 Å². The predicted molar refractivity (Wildman–Crippen MR) is 69.1 cm³/mol. The van der Waals surface area contributed by atoms with Gasteiger partial charge in [0.15, 0.2) is 0 Å². The number of aromatic nitrogens is 2. The number of hydrogen-bond acceptors (Lipinski definition) is 3. The maximum absolute atomic E-state index is 4.46. The van der Waals surface area contributed by atoms with Gasteiger partial charge in [-0.1, -0.05) is 19.8 Å². The van der Waals surface area contributed by atoms with Crippen molar-refractivity contribution in [3.05, 3.63) is 17.6 Å². The Hall–Kier alpha value is -1.12. The summed E-state index contributed by atoms with van der Waals surface area (Å²) in [5.41, 5.74) is 2.65. The molecular formula is C14H21N3. The monoisotopic (exact) mass is 231 g/mol. The number of nitrogens with zero attached hydrogens (tertiary/aromatic N) is 2. The lowest BCUT2D eigenvalue weighted by molar-refractivity contribution is 0.349. The Kier molecular flexibility index (Phi) is 3.00. The summed E-state index contributed by atoms with van der Waals surface area (Å²) in [5, 5.41) is 3.68. The molecule has 2 atom stereocenters. The first-order valence-electron chi connectivity index (χ1n) is 6.94. The van der Waals surface area contributed by atoms with Gasteiger partial charge < -0.3 is 5.32 Å². The average Bonchev–Trinajstić information content (AvgIpc) is 2.81. The van der Waals surface area contributed by atoms with Crippen molar-refractivity contribution >= 4 is 5.82 Å². The molecule has 0 spiro atoms. The normalized spacial score (nSPS) is 27.8. The van der Waals surface area contributed by atoms with E-state index in [2.05, 4.69) is 22.2 Å². The van der Waals surface area contributed by atoms with Crippen LogP contribution in [0.1, 0.15) is 50.3 Å². The second-order valence-electron chi connectivity index (χ2n) is 5.51. The Balaban J connectivity index is 1.78. The zero-order valence-electron chi connectivity index (χ0n) is 10.6. The van der Waals surface area contributed by atoms with Crippen LogP contribution in [-0.4, -0.2) is 16.0 Å². The second-order valence-corrected chi connectivity index (χ2v) is 5.51. The average molecular weight is 231 g/mol. The molecule has 0 aromatic carbocycles. The molecule has 92 valence electrons. The molecular weight excluding hydrogens is 210 g/mol. The number of nitrogens with one attached hydrogen (secondary N) is 1. The van der Waals surface area contributed by atoms with Crippen LogP contribution >= 0.6 is 0 Å². The van der Waals surface area contributed by atoms with Crippen molar-refractivity contribution in [1.29, 1.82) is 0 Å². The number of aryl methyl sites for hydroxylation is 1. The minimum atomic E-state index is 0.614. The van der Waals surface area contributed by atoms with E-state index in [4.69, 9.17) is 0 Å². The molecule has 1 heterocycles. The fraction of sp³-hybridized carbons (Fsp3) is 0.714. The largest absolute Gasteiger partial charge is 0.367 e. The fourth-order valence-corrected chi connectivity index (χ4v) is 3.19. The molecule has 0 bridgehead atoms. The Morgan fingerprint density at radius 2 is 2.00 bits per heavy atom. The van der Waals surface area contributed by atoms with Gasteiger partial charge in [-0.15, -0.1) is 0 Å². The van der Waals surface area contributed by atoms with Gasteiger partial charge in [0, 0.05) is 17.3 Å². The minimum absolute atomic E-state index is 0.614. The van der Waals surface area contributed by atoms with Gasteiger partial charge in [0.25, 0.3) is 0 Å². The summed E-state index contributed by atoms with van der Waals surface area (Å²) in [7, 11) is 0. The Morgan fingerprint density at radius 3 is 2.88 bits per heavy atom. The summed E-state index contributed by atoms with van der Waals surface area (Å²) in [5.74, 6) is 1.89. The Labute approximate surface area is 103 Å². The minimum Gasteiger partial charge on any atom is -0.367 e. The van der Waals surface area contributed by atoms with Gasteiger partial charge in [-0.05, 0) is 38.0 Å². The van der Waals surface area contributed by atoms with Gasteiger partial charge in [-0.2, -0.15) is 0 Å². The van der Waals surface area contributed by atoms with Crippen molar-refractivity contribution in [3.8, 4) is 0 Å². The third kappa shape index (κ3) is 2.15. The quantitative estimate of drug-likeness (QED) is 0.850. The van der Waals surface area contributed by atoms with Gasteiger partial charge >= 0.3 is 0 Å². The molecule has 1 aromatic heterocycles. The summed E-state index contributed by atoms with van der Waals surface area (Å²) >= 11 is 0. The lowest BCUT2D eigenvalue weighted by Gasteiger charge is -2.30. The van der Waals surface area contributed by atoms with Crippen LogP contribution in [0.4, 0.5) is 5.82 Å². The molecule has 3 rings (SSSR count). The zero-order valence-corrected chi connectivity index (χ0v) is 10.6. The van der Waals surface area contributed by atoms with Crippen LogP contribution in [-0.2, 0) is 12.8 Å². The van der Waals surface area contributed by atoms with Gasteiger partial charge in [-0.25, -0.2) is 9.97 Å². The van der Waals surface area contributed by atoms with Crippen LogP contribution in [0.5, 0.6) is 0 Å². The summed E-state index contributed by atoms with van der Waals surface area (Å²) in [6, 6.07) is 0.614. The van der Waals surface area contributed by atoms with Crippen molar-refractivity contribution in [3.63, 3.8) is 0 Å². The van der Waals surface area contributed by atoms with Crippen molar-refractivity contribution in [2.24, 2.45) is 5.92 Å². The number of anilines is 1. The molecule has 3 nitrogen and oxygen atoms in total. The van der Waals surface area contributed by atoms with Gasteiger partial charge in [0.1, 0.15) is 12.1 Å². The second kappa shape index (κ2) is 4.63. The predicted octanol–water partition coefficient (Wildman–Crippen LogP) is 2.96. The molecule has 1 fully saturated rings. The van der Waals surface area contributed by atoms with Crippen LogP contribution in [0.15, 0.2) is 6.33 Å². The summed E-state index contributed by atoms with van der Waals surface area (Å²) in [6.07, 6.45) is 10.6. The smallest absolute Gasteiger partial charge is 0.133 e. The third-order valence-corrected chi connectivity index (χ3v) is 4.31. The van der Waals surface area contributed by atoms with E-state index < -0.39 is 0 Å². The highest BCUT2D eigenvalue weighted by Gasteiger charge is 2.24. The van der Waals surface area contributed by atoms with Crippen molar-refractivity contribution in [2.75, 3.05) is 5.32 Å². The first kappa shape index (κ1) is 11.0. The molecule has 0 amide bonds. The van der Waals surface area contributed by atoms with Crippen molar-refractivity contribution < 1.29 is 0 Å². The van der Waals surface area contributed by atoms with Crippen LogP contribution in [0, 0.1) is 5.92 Å². The molecule has 0 aliphatic heterocycles. The van der Waals surface area contributed by atoms with Gasteiger partial charge in [0.05, 0.1) is 0 Å². The number of rotatable bonds is 2. The lowest BCUT2D eigenvalue weighted by atomic mass is 9.86. The number of fused-ring (bicyclic) bond motifs is 1. The highest BCUT2D eigenvalue weighted by atomic mass is 15.0. The number of hydrogen-bond donors (Lipinski definition) is 1. The molecule has 2 aliphatic carbocycles. The van der Waals surface area contributed by atoms with E-state index in [0.29, 0.717) is 6.04 Å². The van der Waals surface area contributed by atoms with E-state index in [0.717, 1.165) is 24.6 Å². The summed E-state index contributed by atoms with van der Waals surface area (Å²) in [6.45, 7) is 2.36. The first-order chi connectivity index (χ1) is 8.34. The maximum Gasteiger partial charge on any atom is 0.133 e. The first-order valence-corrected chi connectivity index (χ1v) is 6.94. The fourth-order valence-electron chi connectivity index (χ4n) is 3.19. The molecule has 2 unspecified atom stereocenters. The molecule has 2 aliphatic rings. The Bertz CT molecular complexity index is 402. The van der Waals surface area contributed by atoms with E-state index in [9.17, 15) is 0 Å². The van der Waals surface area contributed by atoms with E-state index in [1.165, 1.54) is 43.4 Å². The summed E-state index contributed by atoms with van der Waals surface area (Å²) in [4.78, 5) is 8.84. The molecule has 1 aromatic rings. The van der Waals surface area contributed by atoms with E-state index >= 15 is 0 Å². The van der Waals surface area contributed by atoms with E-state index in [1.54, 1.807) is 6.33 Å². The molecule has 17 heavy (non-hydrogen) atoms. The maximum atomic E-state index is 4.46. The van der Waals surface area contributed by atoms with Gasteiger partial charge in [-0.3, -0.25) is 0 Å². The molecule has 0 saturated heterocycles. The zero-order chi connectivity index (χ0) is 11.7.